The normalized spacial score (nSPS) is 10.2. The van der Waals surface area contributed by atoms with Crippen molar-refractivity contribution in [2.24, 2.45) is 0 Å². The Morgan fingerprint density at radius 3 is 2.63 bits per heavy atom. The highest BCUT2D eigenvalue weighted by atomic mass is 32.1. The standard InChI is InChI=1S/C22H21N3OS/c1-17-10-11-21(27-17)16-25(13-12-18-6-3-2-4-7-18)22(26)24-20-9-5-8-19(14-20)15-23/h2-11,14H,12-13,16H2,1H3,(H,24,26). The minimum atomic E-state index is -0.160. The summed E-state index contributed by atoms with van der Waals surface area (Å²) in [6.45, 7) is 3.25. The molecule has 0 bridgehead atoms. The number of nitrogens with zero attached hydrogens (tertiary/aromatic N) is 2. The van der Waals surface area contributed by atoms with Gasteiger partial charge in [0.25, 0.3) is 0 Å². The van der Waals surface area contributed by atoms with Crippen LogP contribution in [0.3, 0.4) is 0 Å². The van der Waals surface area contributed by atoms with E-state index in [1.165, 1.54) is 10.4 Å². The fourth-order valence-corrected chi connectivity index (χ4v) is 3.69. The molecule has 0 spiro atoms. The molecule has 2 aromatic carbocycles. The lowest BCUT2D eigenvalue weighted by Gasteiger charge is -2.23. The highest BCUT2D eigenvalue weighted by Gasteiger charge is 2.15. The summed E-state index contributed by atoms with van der Waals surface area (Å²) in [7, 11) is 0. The molecule has 0 fully saturated rings. The van der Waals surface area contributed by atoms with E-state index in [4.69, 9.17) is 5.26 Å². The number of nitriles is 1. The molecule has 3 aromatic rings. The lowest BCUT2D eigenvalue weighted by Crippen LogP contribution is -2.35. The second-order valence-electron chi connectivity index (χ2n) is 6.29. The van der Waals surface area contributed by atoms with Gasteiger partial charge in [-0.25, -0.2) is 4.79 Å². The van der Waals surface area contributed by atoms with Crippen molar-refractivity contribution in [1.29, 1.82) is 5.26 Å². The first-order valence-electron chi connectivity index (χ1n) is 8.79. The van der Waals surface area contributed by atoms with Gasteiger partial charge in [0.1, 0.15) is 0 Å². The first-order valence-corrected chi connectivity index (χ1v) is 9.61. The number of anilines is 1. The van der Waals surface area contributed by atoms with Gasteiger partial charge >= 0.3 is 6.03 Å². The molecule has 0 saturated carbocycles. The molecule has 1 N–H and O–H groups in total. The number of benzene rings is 2. The third kappa shape index (κ3) is 5.44. The Morgan fingerprint density at radius 1 is 1.11 bits per heavy atom. The number of amides is 2. The molecule has 0 atom stereocenters. The van der Waals surface area contributed by atoms with Crippen LogP contribution in [0.25, 0.3) is 0 Å². The lowest BCUT2D eigenvalue weighted by atomic mass is 10.1. The Morgan fingerprint density at radius 2 is 1.93 bits per heavy atom. The maximum atomic E-state index is 12.9. The number of carbonyl (C=O) groups is 1. The van der Waals surface area contributed by atoms with Gasteiger partial charge in [-0.2, -0.15) is 5.26 Å². The smallest absolute Gasteiger partial charge is 0.319 e. The van der Waals surface area contributed by atoms with E-state index in [0.717, 1.165) is 11.3 Å². The van der Waals surface area contributed by atoms with E-state index in [9.17, 15) is 4.79 Å². The summed E-state index contributed by atoms with van der Waals surface area (Å²) in [5.74, 6) is 0. The van der Waals surface area contributed by atoms with E-state index in [1.807, 2.05) is 23.1 Å². The molecule has 0 saturated heterocycles. The number of hydrogen-bond acceptors (Lipinski definition) is 3. The molecule has 1 aromatic heterocycles. The number of thiophene rings is 1. The molecule has 4 nitrogen and oxygen atoms in total. The molecule has 1 heterocycles. The average Bonchev–Trinajstić information content (AvgIpc) is 3.10. The van der Waals surface area contributed by atoms with Crippen molar-refractivity contribution in [3.05, 3.63) is 87.6 Å². The van der Waals surface area contributed by atoms with Crippen LogP contribution in [0, 0.1) is 18.3 Å². The first-order chi connectivity index (χ1) is 13.1. The van der Waals surface area contributed by atoms with E-state index in [-0.39, 0.29) is 6.03 Å². The SMILES string of the molecule is Cc1ccc(CN(CCc2ccccc2)C(=O)Nc2cccc(C#N)c2)s1. The zero-order valence-corrected chi connectivity index (χ0v) is 16.0. The van der Waals surface area contributed by atoms with E-state index in [1.54, 1.807) is 35.6 Å². The minimum Gasteiger partial charge on any atom is -0.319 e. The van der Waals surface area contributed by atoms with E-state index in [2.05, 4.69) is 42.6 Å². The quantitative estimate of drug-likeness (QED) is 0.643. The summed E-state index contributed by atoms with van der Waals surface area (Å²) in [6, 6.07) is 23.2. The average molecular weight is 375 g/mol. The topological polar surface area (TPSA) is 56.1 Å². The molecule has 0 aliphatic carbocycles. The van der Waals surface area contributed by atoms with Crippen molar-refractivity contribution in [2.75, 3.05) is 11.9 Å². The van der Waals surface area contributed by atoms with Crippen molar-refractivity contribution in [3.63, 3.8) is 0 Å². The summed E-state index contributed by atoms with van der Waals surface area (Å²) in [6.07, 6.45) is 0.789. The zero-order chi connectivity index (χ0) is 19.1. The summed E-state index contributed by atoms with van der Waals surface area (Å²) in [5.41, 5.74) is 2.35. The van der Waals surface area contributed by atoms with Crippen LogP contribution in [-0.4, -0.2) is 17.5 Å². The van der Waals surface area contributed by atoms with Gasteiger partial charge in [0.05, 0.1) is 18.2 Å². The van der Waals surface area contributed by atoms with E-state index >= 15 is 0 Å². The third-order valence-corrected chi connectivity index (χ3v) is 5.17. The van der Waals surface area contributed by atoms with Crippen LogP contribution in [-0.2, 0) is 13.0 Å². The molecular formula is C22H21N3OS. The Labute approximate surface area is 163 Å². The summed E-state index contributed by atoms with van der Waals surface area (Å²) in [4.78, 5) is 17.1. The fraction of sp³-hybridized carbons (Fsp3) is 0.182. The van der Waals surface area contributed by atoms with Crippen LogP contribution >= 0.6 is 11.3 Å². The van der Waals surface area contributed by atoms with Crippen molar-refractivity contribution in [2.45, 2.75) is 19.9 Å². The van der Waals surface area contributed by atoms with Gasteiger partial charge in [-0.05, 0) is 49.2 Å². The Bertz CT molecular complexity index is 943. The predicted octanol–water partition coefficient (Wildman–Crippen LogP) is 5.21. The lowest BCUT2D eigenvalue weighted by molar-refractivity contribution is 0.210. The third-order valence-electron chi connectivity index (χ3n) is 4.19. The molecule has 27 heavy (non-hydrogen) atoms. The summed E-state index contributed by atoms with van der Waals surface area (Å²) < 4.78 is 0. The van der Waals surface area contributed by atoms with Crippen molar-refractivity contribution in [3.8, 4) is 6.07 Å². The van der Waals surface area contributed by atoms with Gasteiger partial charge in [-0.15, -0.1) is 11.3 Å². The van der Waals surface area contributed by atoms with Gasteiger partial charge in [-0.1, -0.05) is 36.4 Å². The van der Waals surface area contributed by atoms with E-state index < -0.39 is 0 Å². The monoisotopic (exact) mass is 375 g/mol. The number of urea groups is 1. The number of hydrogen-bond donors (Lipinski definition) is 1. The van der Waals surface area contributed by atoms with Crippen molar-refractivity contribution >= 4 is 23.1 Å². The highest BCUT2D eigenvalue weighted by Crippen LogP contribution is 2.19. The largest absolute Gasteiger partial charge is 0.322 e. The Hall–Kier alpha value is -3.10. The molecule has 2 amide bonds. The van der Waals surface area contributed by atoms with Crippen LogP contribution < -0.4 is 5.32 Å². The van der Waals surface area contributed by atoms with Gasteiger partial charge in [0.15, 0.2) is 0 Å². The van der Waals surface area contributed by atoms with Gasteiger partial charge in [-0.3, -0.25) is 0 Å². The number of nitrogens with one attached hydrogen (secondary N) is 1. The molecule has 5 heteroatoms. The summed E-state index contributed by atoms with van der Waals surface area (Å²) >= 11 is 1.70. The Kier molecular flexibility index (Phi) is 6.24. The van der Waals surface area contributed by atoms with Crippen molar-refractivity contribution < 1.29 is 4.79 Å². The predicted molar refractivity (Wildman–Crippen MR) is 110 cm³/mol. The molecule has 136 valence electrons. The van der Waals surface area contributed by atoms with Crippen LogP contribution in [0.5, 0.6) is 0 Å². The molecule has 0 unspecified atom stereocenters. The highest BCUT2D eigenvalue weighted by molar-refractivity contribution is 7.11. The zero-order valence-electron chi connectivity index (χ0n) is 15.2. The number of carbonyl (C=O) groups excluding carboxylic acids is 1. The molecule has 3 rings (SSSR count). The minimum absolute atomic E-state index is 0.160. The van der Waals surface area contributed by atoms with Gasteiger partial charge in [0.2, 0.25) is 0 Å². The molecule has 0 aliphatic rings. The maximum Gasteiger partial charge on any atom is 0.322 e. The van der Waals surface area contributed by atoms with Crippen LogP contribution in [0.2, 0.25) is 0 Å². The fourth-order valence-electron chi connectivity index (χ4n) is 2.79. The van der Waals surface area contributed by atoms with Crippen LogP contribution in [0.1, 0.15) is 20.9 Å². The van der Waals surface area contributed by atoms with Crippen LogP contribution in [0.15, 0.2) is 66.7 Å². The van der Waals surface area contributed by atoms with E-state index in [0.29, 0.717) is 24.3 Å². The van der Waals surface area contributed by atoms with Crippen molar-refractivity contribution in [1.82, 2.24) is 4.90 Å². The number of aryl methyl sites for hydroxylation is 1. The van der Waals surface area contributed by atoms with Gasteiger partial charge < -0.3 is 10.2 Å². The number of rotatable bonds is 6. The first kappa shape index (κ1) is 18.7. The molecule has 0 aliphatic heterocycles. The molecular weight excluding hydrogens is 354 g/mol. The van der Waals surface area contributed by atoms with Crippen LogP contribution in [0.4, 0.5) is 10.5 Å². The summed E-state index contributed by atoms with van der Waals surface area (Å²) in [5, 5.41) is 12.0. The second kappa shape index (κ2) is 9.02. The second-order valence-corrected chi connectivity index (χ2v) is 7.66. The molecule has 0 radical (unpaired) electrons. The maximum absolute atomic E-state index is 12.9. The van der Waals surface area contributed by atoms with Gasteiger partial charge in [0, 0.05) is 22.0 Å². The Balaban J connectivity index is 1.72.